The summed E-state index contributed by atoms with van der Waals surface area (Å²) in [5.74, 6) is 0.623. The molecule has 0 radical (unpaired) electrons. The van der Waals surface area contributed by atoms with Crippen molar-refractivity contribution in [3.05, 3.63) is 70.4 Å². The van der Waals surface area contributed by atoms with Crippen molar-refractivity contribution in [3.8, 4) is 22.5 Å². The average Bonchev–Trinajstić information content (AvgIpc) is 2.51. The first-order valence-electron chi connectivity index (χ1n) is 6.08. The van der Waals surface area contributed by atoms with E-state index in [4.69, 9.17) is 11.6 Å². The van der Waals surface area contributed by atoms with Crippen LogP contribution in [0.15, 0.2) is 65.3 Å². The molecule has 4 heteroatoms. The van der Waals surface area contributed by atoms with Crippen LogP contribution in [0.3, 0.4) is 0 Å². The van der Waals surface area contributed by atoms with E-state index in [1.165, 1.54) is 5.56 Å². The lowest BCUT2D eigenvalue weighted by molar-refractivity contribution is 1.16. The zero-order valence-corrected chi connectivity index (χ0v) is 12.8. The molecule has 1 heterocycles. The Morgan fingerprint density at radius 3 is 2.05 bits per heavy atom. The number of benzene rings is 2. The molecule has 0 aliphatic carbocycles. The molecular weight excluding hydrogens is 336 g/mol. The first-order chi connectivity index (χ1) is 9.74. The highest BCUT2D eigenvalue weighted by molar-refractivity contribution is 9.10. The topological polar surface area (TPSA) is 25.8 Å². The van der Waals surface area contributed by atoms with Gasteiger partial charge in [-0.05, 0) is 27.1 Å². The van der Waals surface area contributed by atoms with Gasteiger partial charge >= 0.3 is 0 Å². The molecule has 2 aromatic carbocycles. The van der Waals surface area contributed by atoms with E-state index in [2.05, 4.69) is 50.2 Å². The molecule has 0 spiro atoms. The maximum absolute atomic E-state index is 5.99. The van der Waals surface area contributed by atoms with Crippen LogP contribution in [0.25, 0.3) is 22.5 Å². The molecule has 0 aliphatic rings. The van der Waals surface area contributed by atoms with Crippen molar-refractivity contribution in [1.29, 1.82) is 0 Å². The fourth-order valence-corrected chi connectivity index (χ4v) is 2.25. The Bertz CT molecular complexity index is 727. The van der Waals surface area contributed by atoms with Gasteiger partial charge in [0, 0.05) is 11.8 Å². The van der Waals surface area contributed by atoms with E-state index in [9.17, 15) is 0 Å². The van der Waals surface area contributed by atoms with Gasteiger partial charge in [-0.1, -0.05) is 66.2 Å². The molecule has 0 bridgehead atoms. The van der Waals surface area contributed by atoms with Gasteiger partial charge in [0.05, 0.1) is 4.47 Å². The number of nitrogens with zero attached hydrogens (tertiary/aromatic N) is 2. The fourth-order valence-electron chi connectivity index (χ4n) is 1.93. The number of rotatable bonds is 2. The van der Waals surface area contributed by atoms with Gasteiger partial charge in [-0.2, -0.15) is 0 Å². The van der Waals surface area contributed by atoms with Crippen LogP contribution in [0.2, 0.25) is 5.15 Å². The van der Waals surface area contributed by atoms with Crippen molar-refractivity contribution in [2.24, 2.45) is 0 Å². The van der Waals surface area contributed by atoms with Gasteiger partial charge in [-0.15, -0.1) is 0 Å². The van der Waals surface area contributed by atoms with E-state index in [1.54, 1.807) is 6.20 Å². The summed E-state index contributed by atoms with van der Waals surface area (Å²) in [4.78, 5) is 8.52. The van der Waals surface area contributed by atoms with E-state index in [0.717, 1.165) is 11.1 Å². The molecule has 3 rings (SSSR count). The summed E-state index contributed by atoms with van der Waals surface area (Å²) in [5, 5.41) is 0.419. The Kier molecular flexibility index (Phi) is 3.81. The largest absolute Gasteiger partial charge is 0.235 e. The molecule has 0 N–H and O–H groups in total. The standard InChI is InChI=1S/C16H10BrClN2/c17-14-10-19-16(20-15(14)18)13-8-6-12(7-9-13)11-4-2-1-3-5-11/h1-10H. The van der Waals surface area contributed by atoms with Gasteiger partial charge in [0.2, 0.25) is 0 Å². The summed E-state index contributed by atoms with van der Waals surface area (Å²) in [6.07, 6.45) is 1.66. The lowest BCUT2D eigenvalue weighted by Crippen LogP contribution is -1.89. The Morgan fingerprint density at radius 1 is 0.800 bits per heavy atom. The van der Waals surface area contributed by atoms with Crippen LogP contribution >= 0.6 is 27.5 Å². The quantitative estimate of drug-likeness (QED) is 0.595. The van der Waals surface area contributed by atoms with Gasteiger partial charge < -0.3 is 0 Å². The first kappa shape index (κ1) is 13.3. The fraction of sp³-hybridized carbons (Fsp3) is 0. The third kappa shape index (κ3) is 2.74. The van der Waals surface area contributed by atoms with E-state index in [0.29, 0.717) is 15.5 Å². The van der Waals surface area contributed by atoms with Gasteiger partial charge in [-0.25, -0.2) is 9.97 Å². The molecule has 1 aromatic heterocycles. The SMILES string of the molecule is Clc1nc(-c2ccc(-c3ccccc3)cc2)ncc1Br. The second-order valence-electron chi connectivity index (χ2n) is 4.28. The van der Waals surface area contributed by atoms with Crippen molar-refractivity contribution >= 4 is 27.5 Å². The van der Waals surface area contributed by atoms with Gasteiger partial charge in [0.1, 0.15) is 5.15 Å². The van der Waals surface area contributed by atoms with E-state index >= 15 is 0 Å². The maximum Gasteiger partial charge on any atom is 0.160 e. The van der Waals surface area contributed by atoms with Crippen molar-refractivity contribution in [2.75, 3.05) is 0 Å². The zero-order valence-electron chi connectivity index (χ0n) is 10.4. The van der Waals surface area contributed by atoms with Crippen LogP contribution < -0.4 is 0 Å². The minimum Gasteiger partial charge on any atom is -0.235 e. The maximum atomic E-state index is 5.99. The Morgan fingerprint density at radius 2 is 1.40 bits per heavy atom. The average molecular weight is 346 g/mol. The zero-order chi connectivity index (χ0) is 13.9. The number of hydrogen-bond donors (Lipinski definition) is 0. The highest BCUT2D eigenvalue weighted by Gasteiger charge is 2.05. The van der Waals surface area contributed by atoms with Gasteiger partial charge in [-0.3, -0.25) is 0 Å². The molecule has 20 heavy (non-hydrogen) atoms. The van der Waals surface area contributed by atoms with Crippen LogP contribution in [-0.4, -0.2) is 9.97 Å². The molecule has 3 aromatic rings. The minimum atomic E-state index is 0.419. The monoisotopic (exact) mass is 344 g/mol. The normalized spacial score (nSPS) is 10.5. The second-order valence-corrected chi connectivity index (χ2v) is 5.49. The van der Waals surface area contributed by atoms with Crippen molar-refractivity contribution in [1.82, 2.24) is 9.97 Å². The summed E-state index contributed by atoms with van der Waals surface area (Å²) < 4.78 is 0.698. The molecule has 0 unspecified atom stereocenters. The summed E-state index contributed by atoms with van der Waals surface area (Å²) in [5.41, 5.74) is 3.30. The van der Waals surface area contributed by atoms with Gasteiger partial charge in [0.25, 0.3) is 0 Å². The smallest absolute Gasteiger partial charge is 0.160 e. The lowest BCUT2D eigenvalue weighted by atomic mass is 10.0. The Balaban J connectivity index is 1.95. The lowest BCUT2D eigenvalue weighted by Gasteiger charge is -2.04. The number of halogens is 2. The number of aromatic nitrogens is 2. The second kappa shape index (κ2) is 5.73. The van der Waals surface area contributed by atoms with Crippen molar-refractivity contribution in [2.45, 2.75) is 0 Å². The van der Waals surface area contributed by atoms with Crippen LogP contribution in [0.4, 0.5) is 0 Å². The first-order valence-corrected chi connectivity index (χ1v) is 7.25. The van der Waals surface area contributed by atoms with Crippen molar-refractivity contribution < 1.29 is 0 Å². The Hall–Kier alpha value is -1.71. The van der Waals surface area contributed by atoms with Crippen LogP contribution in [0.1, 0.15) is 0 Å². The molecule has 0 amide bonds. The van der Waals surface area contributed by atoms with Crippen LogP contribution in [0, 0.1) is 0 Å². The summed E-state index contributed by atoms with van der Waals surface area (Å²) in [6.45, 7) is 0. The van der Waals surface area contributed by atoms with E-state index in [-0.39, 0.29) is 0 Å². The van der Waals surface area contributed by atoms with Crippen molar-refractivity contribution in [3.63, 3.8) is 0 Å². The molecule has 0 aliphatic heterocycles. The molecule has 98 valence electrons. The molecule has 0 atom stereocenters. The summed E-state index contributed by atoms with van der Waals surface area (Å²) in [7, 11) is 0. The molecule has 0 saturated carbocycles. The van der Waals surface area contributed by atoms with Gasteiger partial charge in [0.15, 0.2) is 5.82 Å². The number of hydrogen-bond acceptors (Lipinski definition) is 2. The predicted molar refractivity (Wildman–Crippen MR) is 85.6 cm³/mol. The molecular formula is C16H10BrClN2. The van der Waals surface area contributed by atoms with Crippen LogP contribution in [0.5, 0.6) is 0 Å². The minimum absolute atomic E-state index is 0.419. The molecule has 2 nitrogen and oxygen atoms in total. The third-order valence-corrected chi connectivity index (χ3v) is 4.05. The summed E-state index contributed by atoms with van der Waals surface area (Å²) >= 11 is 9.28. The van der Waals surface area contributed by atoms with E-state index in [1.807, 2.05) is 30.3 Å². The molecule has 0 fully saturated rings. The van der Waals surface area contributed by atoms with E-state index < -0.39 is 0 Å². The predicted octanol–water partition coefficient (Wildman–Crippen LogP) is 5.23. The third-order valence-electron chi connectivity index (χ3n) is 2.95. The Labute approximate surface area is 130 Å². The highest BCUT2D eigenvalue weighted by atomic mass is 79.9. The summed E-state index contributed by atoms with van der Waals surface area (Å²) in [6, 6.07) is 18.4. The molecule has 0 saturated heterocycles. The van der Waals surface area contributed by atoms with Crippen LogP contribution in [-0.2, 0) is 0 Å². The highest BCUT2D eigenvalue weighted by Crippen LogP contribution is 2.25.